The molecule has 3 aromatic carbocycles. The zero-order valence-corrected chi connectivity index (χ0v) is 17.1. The Labute approximate surface area is 177 Å². The molecule has 0 N–H and O–H groups in total. The van der Waals surface area contributed by atoms with Gasteiger partial charge < -0.3 is 0 Å². The average molecular weight is 436 g/mol. The number of rotatable bonds is 3. The second-order valence-electron chi connectivity index (χ2n) is 6.27. The number of hydrogen-bond donors (Lipinski definition) is 0. The van der Waals surface area contributed by atoms with Crippen molar-refractivity contribution in [2.75, 3.05) is 5.01 Å². The highest BCUT2D eigenvalue weighted by Crippen LogP contribution is 2.39. The number of halogens is 4. The van der Waals surface area contributed by atoms with Crippen LogP contribution in [0.4, 0.5) is 5.69 Å². The van der Waals surface area contributed by atoms with E-state index >= 15 is 0 Å². The molecule has 2 nitrogen and oxygen atoms in total. The molecule has 1 atom stereocenters. The van der Waals surface area contributed by atoms with Crippen molar-refractivity contribution >= 4 is 57.8 Å². The molecule has 0 aliphatic carbocycles. The molecule has 1 heterocycles. The first-order valence-corrected chi connectivity index (χ1v) is 9.85. The van der Waals surface area contributed by atoms with Crippen molar-refractivity contribution in [3.8, 4) is 0 Å². The van der Waals surface area contributed by atoms with Crippen molar-refractivity contribution in [1.29, 1.82) is 0 Å². The van der Waals surface area contributed by atoms with Gasteiger partial charge in [0.2, 0.25) is 0 Å². The molecular weight excluding hydrogens is 422 g/mol. The van der Waals surface area contributed by atoms with Gasteiger partial charge in [-0.2, -0.15) is 5.10 Å². The quantitative estimate of drug-likeness (QED) is 0.412. The van der Waals surface area contributed by atoms with E-state index in [4.69, 9.17) is 51.5 Å². The highest BCUT2D eigenvalue weighted by atomic mass is 35.5. The van der Waals surface area contributed by atoms with Gasteiger partial charge >= 0.3 is 0 Å². The Bertz CT molecular complexity index is 998. The van der Waals surface area contributed by atoms with E-state index in [9.17, 15) is 0 Å². The summed E-state index contributed by atoms with van der Waals surface area (Å²) in [6.07, 6.45) is 0.753. The van der Waals surface area contributed by atoms with Crippen molar-refractivity contribution in [1.82, 2.24) is 0 Å². The minimum Gasteiger partial charge on any atom is -0.257 e. The molecule has 0 unspecified atom stereocenters. The largest absolute Gasteiger partial charge is 0.257 e. The van der Waals surface area contributed by atoms with Gasteiger partial charge in [0.1, 0.15) is 0 Å². The number of anilines is 1. The lowest BCUT2D eigenvalue weighted by Gasteiger charge is -2.24. The summed E-state index contributed by atoms with van der Waals surface area (Å²) in [5.74, 6) is 0. The summed E-state index contributed by atoms with van der Waals surface area (Å²) in [5, 5.41) is 9.29. The number of hydrogen-bond acceptors (Lipinski definition) is 2. The molecule has 3 aromatic rings. The fourth-order valence-corrected chi connectivity index (χ4v) is 3.68. The minimum absolute atomic E-state index is 0.0326. The molecule has 6 heteroatoms. The van der Waals surface area contributed by atoms with E-state index in [1.54, 1.807) is 6.07 Å². The normalized spacial score (nSPS) is 16.5. The Kier molecular flexibility index (Phi) is 5.34. The molecule has 0 bridgehead atoms. The predicted octanol–water partition coefficient (Wildman–Crippen LogP) is 7.66. The first-order chi connectivity index (χ1) is 13.0. The van der Waals surface area contributed by atoms with Crippen LogP contribution in [0.15, 0.2) is 71.8 Å². The Hall–Kier alpha value is -1.71. The standard InChI is InChI=1S/C21H14Cl4N2/c22-15-5-1-13(2-6-15)20-12-21(14-3-7-16(23)8-4-14)27(26-20)17-9-10-18(24)19(25)11-17/h1-11,21H,12H2/t21-/m0/s1. The van der Waals surface area contributed by atoms with E-state index in [2.05, 4.69) is 0 Å². The second kappa shape index (κ2) is 7.73. The zero-order valence-electron chi connectivity index (χ0n) is 14.0. The molecular formula is C21H14Cl4N2. The number of hydrazone groups is 1. The Balaban J connectivity index is 1.76. The second-order valence-corrected chi connectivity index (χ2v) is 7.96. The first-order valence-electron chi connectivity index (χ1n) is 8.34. The van der Waals surface area contributed by atoms with Crippen LogP contribution >= 0.6 is 46.4 Å². The highest BCUT2D eigenvalue weighted by Gasteiger charge is 2.30. The van der Waals surface area contributed by atoms with E-state index in [0.29, 0.717) is 20.1 Å². The fourth-order valence-electron chi connectivity index (χ4n) is 3.14. The van der Waals surface area contributed by atoms with Crippen molar-refractivity contribution in [3.63, 3.8) is 0 Å². The summed E-state index contributed by atoms with van der Waals surface area (Å²) in [4.78, 5) is 0. The summed E-state index contributed by atoms with van der Waals surface area (Å²) < 4.78 is 0. The van der Waals surface area contributed by atoms with Crippen LogP contribution in [0.2, 0.25) is 20.1 Å². The van der Waals surface area contributed by atoms with Crippen molar-refractivity contribution in [2.45, 2.75) is 12.5 Å². The van der Waals surface area contributed by atoms with Crippen molar-refractivity contribution < 1.29 is 0 Å². The average Bonchev–Trinajstić information content (AvgIpc) is 3.10. The lowest BCUT2D eigenvalue weighted by molar-refractivity contribution is 0.709. The van der Waals surface area contributed by atoms with Crippen LogP contribution < -0.4 is 5.01 Å². The van der Waals surface area contributed by atoms with Crippen molar-refractivity contribution in [2.24, 2.45) is 5.10 Å². The van der Waals surface area contributed by atoms with E-state index < -0.39 is 0 Å². The van der Waals surface area contributed by atoms with Crippen LogP contribution in [0.25, 0.3) is 0 Å². The molecule has 1 aliphatic rings. The van der Waals surface area contributed by atoms with Crippen molar-refractivity contribution in [3.05, 3.63) is 97.9 Å². The number of nitrogens with zero attached hydrogens (tertiary/aromatic N) is 2. The van der Waals surface area contributed by atoms with E-state index in [1.807, 2.05) is 65.7 Å². The van der Waals surface area contributed by atoms with Gasteiger partial charge in [-0.1, -0.05) is 70.7 Å². The third kappa shape index (κ3) is 3.95. The lowest BCUT2D eigenvalue weighted by atomic mass is 9.98. The van der Waals surface area contributed by atoms with Gasteiger partial charge in [-0.25, -0.2) is 0 Å². The zero-order chi connectivity index (χ0) is 19.0. The van der Waals surface area contributed by atoms with Crippen LogP contribution in [0.3, 0.4) is 0 Å². The van der Waals surface area contributed by atoms with Crippen LogP contribution in [0, 0.1) is 0 Å². The maximum Gasteiger partial charge on any atom is 0.0831 e. The van der Waals surface area contributed by atoms with Gasteiger partial charge in [-0.3, -0.25) is 5.01 Å². The molecule has 136 valence electrons. The summed E-state index contributed by atoms with van der Waals surface area (Å²) >= 11 is 24.4. The van der Waals surface area contributed by atoms with Gasteiger partial charge in [0.15, 0.2) is 0 Å². The molecule has 0 fully saturated rings. The molecule has 0 saturated carbocycles. The first kappa shape index (κ1) is 18.6. The van der Waals surface area contributed by atoms with Gasteiger partial charge in [0.25, 0.3) is 0 Å². The molecule has 27 heavy (non-hydrogen) atoms. The van der Waals surface area contributed by atoms with Crippen LogP contribution in [0.5, 0.6) is 0 Å². The molecule has 1 aliphatic heterocycles. The molecule has 4 rings (SSSR count). The summed E-state index contributed by atoms with van der Waals surface area (Å²) in [7, 11) is 0. The van der Waals surface area contributed by atoms with Crippen LogP contribution in [-0.2, 0) is 0 Å². The topological polar surface area (TPSA) is 15.6 Å². The van der Waals surface area contributed by atoms with Gasteiger partial charge in [0.05, 0.1) is 27.5 Å². The lowest BCUT2D eigenvalue weighted by Crippen LogP contribution is -2.18. The maximum absolute atomic E-state index is 6.24. The Morgan fingerprint density at radius 1 is 0.741 bits per heavy atom. The SMILES string of the molecule is Clc1ccc(C2=NN(c3ccc(Cl)c(Cl)c3)[C@H](c3ccc(Cl)cc3)C2)cc1. The number of benzene rings is 3. The smallest absolute Gasteiger partial charge is 0.0831 e. The Morgan fingerprint density at radius 3 is 2.00 bits per heavy atom. The van der Waals surface area contributed by atoms with Crippen LogP contribution in [0.1, 0.15) is 23.6 Å². The fraction of sp³-hybridized carbons (Fsp3) is 0.0952. The minimum atomic E-state index is 0.0326. The molecule has 0 saturated heterocycles. The van der Waals surface area contributed by atoms with Crippen LogP contribution in [-0.4, -0.2) is 5.71 Å². The Morgan fingerprint density at radius 2 is 1.37 bits per heavy atom. The van der Waals surface area contributed by atoms with Gasteiger partial charge in [0, 0.05) is 16.5 Å². The monoisotopic (exact) mass is 434 g/mol. The third-order valence-corrected chi connectivity index (χ3v) is 5.75. The van der Waals surface area contributed by atoms with E-state index in [0.717, 1.165) is 28.9 Å². The molecule has 0 spiro atoms. The predicted molar refractivity (Wildman–Crippen MR) is 116 cm³/mol. The maximum atomic E-state index is 6.24. The highest BCUT2D eigenvalue weighted by molar-refractivity contribution is 6.42. The van der Waals surface area contributed by atoms with E-state index in [-0.39, 0.29) is 6.04 Å². The molecule has 0 radical (unpaired) electrons. The molecule has 0 aromatic heterocycles. The molecule has 0 amide bonds. The third-order valence-electron chi connectivity index (χ3n) is 4.51. The van der Waals surface area contributed by atoms with E-state index in [1.165, 1.54) is 0 Å². The van der Waals surface area contributed by atoms with Gasteiger partial charge in [-0.05, 0) is 53.6 Å². The summed E-state index contributed by atoms with van der Waals surface area (Å²) in [6.45, 7) is 0. The summed E-state index contributed by atoms with van der Waals surface area (Å²) in [6, 6.07) is 21.1. The van der Waals surface area contributed by atoms with Gasteiger partial charge in [-0.15, -0.1) is 0 Å². The summed E-state index contributed by atoms with van der Waals surface area (Å²) in [5.41, 5.74) is 4.03.